The summed E-state index contributed by atoms with van der Waals surface area (Å²) in [6, 6.07) is 10.6. The van der Waals surface area contributed by atoms with Crippen LogP contribution in [0.15, 0.2) is 52.1 Å². The summed E-state index contributed by atoms with van der Waals surface area (Å²) in [7, 11) is 3.03. The van der Waals surface area contributed by atoms with Gasteiger partial charge in [-0.3, -0.25) is 18.7 Å². The maximum atomic E-state index is 13.1. The molecule has 0 fully saturated rings. The highest BCUT2D eigenvalue weighted by Crippen LogP contribution is 2.30. The van der Waals surface area contributed by atoms with Crippen LogP contribution in [0.5, 0.6) is 11.5 Å². The van der Waals surface area contributed by atoms with Gasteiger partial charge in [-0.1, -0.05) is 12.1 Å². The molecule has 1 N–H and O–H groups in total. The number of amides is 1. The number of rotatable bonds is 6. The Bertz CT molecular complexity index is 1210. The smallest absolute Gasteiger partial charge is 0.332 e. The van der Waals surface area contributed by atoms with E-state index in [4.69, 9.17) is 9.47 Å². The van der Waals surface area contributed by atoms with Gasteiger partial charge < -0.3 is 14.8 Å². The summed E-state index contributed by atoms with van der Waals surface area (Å²) >= 11 is 0. The van der Waals surface area contributed by atoms with E-state index in [-0.39, 0.29) is 11.6 Å². The molecule has 3 rings (SSSR count). The van der Waals surface area contributed by atoms with Gasteiger partial charge >= 0.3 is 5.69 Å². The van der Waals surface area contributed by atoms with Crippen molar-refractivity contribution >= 4 is 22.5 Å². The summed E-state index contributed by atoms with van der Waals surface area (Å²) in [5.74, 6) is 0.608. The minimum Gasteiger partial charge on any atom is -0.493 e. The third-order valence-corrected chi connectivity index (χ3v) is 4.96. The number of anilines is 1. The first kappa shape index (κ1) is 21.2. The number of nitrogens with one attached hydrogen (secondary N) is 1. The molecule has 1 amide bonds. The predicted molar refractivity (Wildman–Crippen MR) is 116 cm³/mol. The normalized spacial score (nSPS) is 12.1. The quantitative estimate of drug-likeness (QED) is 0.673. The molecular formula is C22H25N3O5. The molecule has 158 valence electrons. The Labute approximate surface area is 173 Å². The van der Waals surface area contributed by atoms with Crippen molar-refractivity contribution in [1.82, 2.24) is 9.13 Å². The van der Waals surface area contributed by atoms with Crippen molar-refractivity contribution in [2.75, 3.05) is 19.5 Å². The van der Waals surface area contributed by atoms with Crippen molar-refractivity contribution in [3.63, 3.8) is 0 Å². The van der Waals surface area contributed by atoms with Crippen molar-refractivity contribution in [2.24, 2.45) is 0 Å². The zero-order valence-electron chi connectivity index (χ0n) is 17.6. The average molecular weight is 411 g/mol. The van der Waals surface area contributed by atoms with E-state index in [0.717, 1.165) is 0 Å². The number of methoxy groups -OCH3 is 2. The first-order chi connectivity index (χ1) is 14.3. The molecule has 8 heteroatoms. The minimum atomic E-state index is -0.860. The van der Waals surface area contributed by atoms with E-state index in [1.54, 1.807) is 63.2 Å². The van der Waals surface area contributed by atoms with Gasteiger partial charge in [0.05, 0.1) is 25.1 Å². The molecule has 1 heterocycles. The van der Waals surface area contributed by atoms with Crippen LogP contribution in [0.4, 0.5) is 5.69 Å². The maximum Gasteiger partial charge on any atom is 0.332 e. The molecule has 8 nitrogen and oxygen atoms in total. The number of ether oxygens (including phenoxy) is 2. The number of fused-ring (bicyclic) bond motifs is 1. The second kappa shape index (κ2) is 8.44. The zero-order valence-corrected chi connectivity index (χ0v) is 17.6. The molecule has 0 unspecified atom stereocenters. The van der Waals surface area contributed by atoms with Gasteiger partial charge in [0.1, 0.15) is 6.04 Å². The first-order valence-electron chi connectivity index (χ1n) is 9.58. The van der Waals surface area contributed by atoms with Crippen LogP contribution in [-0.2, 0) is 4.79 Å². The van der Waals surface area contributed by atoms with Crippen LogP contribution in [0.25, 0.3) is 10.9 Å². The highest BCUT2D eigenvalue weighted by atomic mass is 16.5. The Morgan fingerprint density at radius 1 is 0.933 bits per heavy atom. The molecule has 0 radical (unpaired) electrons. The van der Waals surface area contributed by atoms with Gasteiger partial charge in [-0.25, -0.2) is 4.79 Å². The van der Waals surface area contributed by atoms with Crippen LogP contribution in [0.2, 0.25) is 0 Å². The minimum absolute atomic E-state index is 0.345. The predicted octanol–water partition coefficient (Wildman–Crippen LogP) is 2.96. The van der Waals surface area contributed by atoms with E-state index in [1.165, 1.54) is 23.4 Å². The molecule has 30 heavy (non-hydrogen) atoms. The third-order valence-electron chi connectivity index (χ3n) is 4.96. The lowest BCUT2D eigenvalue weighted by Gasteiger charge is -2.21. The zero-order chi connectivity index (χ0) is 22.0. The SMILES string of the molecule is COc1ccc(NC(=O)[C@H](C)n2c(=O)n(C(C)C)c(=O)c3ccccc32)cc1OC. The number of carbonyl (C=O) groups is 1. The molecule has 3 aromatic rings. The van der Waals surface area contributed by atoms with Crippen LogP contribution in [-0.4, -0.2) is 29.3 Å². The topological polar surface area (TPSA) is 91.6 Å². The van der Waals surface area contributed by atoms with Crippen molar-refractivity contribution < 1.29 is 14.3 Å². The highest BCUT2D eigenvalue weighted by molar-refractivity contribution is 5.95. The Balaban J connectivity index is 2.07. The standard InChI is InChI=1S/C22H25N3O5/c1-13(2)24-21(27)16-8-6-7-9-17(16)25(22(24)28)14(3)20(26)23-15-10-11-18(29-4)19(12-15)30-5/h6-14H,1-5H3,(H,23,26)/t14-/m0/s1. The van der Waals surface area contributed by atoms with E-state index in [2.05, 4.69) is 5.32 Å². The second-order valence-electron chi connectivity index (χ2n) is 7.17. The van der Waals surface area contributed by atoms with Crippen LogP contribution < -0.4 is 26.0 Å². The molecule has 0 bridgehead atoms. The molecule has 0 aliphatic heterocycles. The van der Waals surface area contributed by atoms with Crippen LogP contribution >= 0.6 is 0 Å². The molecule has 0 saturated heterocycles. The van der Waals surface area contributed by atoms with E-state index < -0.39 is 17.6 Å². The van der Waals surface area contributed by atoms with Crippen LogP contribution in [0.3, 0.4) is 0 Å². The Morgan fingerprint density at radius 2 is 1.60 bits per heavy atom. The van der Waals surface area contributed by atoms with E-state index in [9.17, 15) is 14.4 Å². The summed E-state index contributed by atoms with van der Waals surface area (Å²) in [6.07, 6.45) is 0. The first-order valence-corrected chi connectivity index (χ1v) is 9.58. The summed E-state index contributed by atoms with van der Waals surface area (Å²) < 4.78 is 13.0. The Kier molecular flexibility index (Phi) is 5.96. The van der Waals surface area contributed by atoms with Crippen LogP contribution in [0, 0.1) is 0 Å². The fraction of sp³-hybridized carbons (Fsp3) is 0.318. The molecule has 0 aliphatic carbocycles. The monoisotopic (exact) mass is 411 g/mol. The maximum absolute atomic E-state index is 13.1. The molecule has 2 aromatic carbocycles. The van der Waals surface area contributed by atoms with Gasteiger partial charge in [0.15, 0.2) is 11.5 Å². The summed E-state index contributed by atoms with van der Waals surface area (Å²) in [6.45, 7) is 5.14. The highest BCUT2D eigenvalue weighted by Gasteiger charge is 2.23. The van der Waals surface area contributed by atoms with E-state index in [1.807, 2.05) is 0 Å². The Morgan fingerprint density at radius 3 is 2.23 bits per heavy atom. The molecule has 1 aromatic heterocycles. The summed E-state index contributed by atoms with van der Waals surface area (Å²) in [5.41, 5.74) is 0.0245. The molecular weight excluding hydrogens is 386 g/mol. The number of benzene rings is 2. The summed E-state index contributed by atoms with van der Waals surface area (Å²) in [5, 5.41) is 3.19. The molecule has 0 saturated carbocycles. The lowest BCUT2D eigenvalue weighted by Crippen LogP contribution is -2.44. The van der Waals surface area contributed by atoms with Gasteiger partial charge in [0.2, 0.25) is 5.91 Å². The van der Waals surface area contributed by atoms with Crippen molar-refractivity contribution in [1.29, 1.82) is 0 Å². The van der Waals surface area contributed by atoms with E-state index >= 15 is 0 Å². The van der Waals surface area contributed by atoms with E-state index in [0.29, 0.717) is 28.1 Å². The summed E-state index contributed by atoms with van der Waals surface area (Å²) in [4.78, 5) is 38.9. The lowest BCUT2D eigenvalue weighted by molar-refractivity contribution is -0.118. The van der Waals surface area contributed by atoms with Crippen molar-refractivity contribution in [2.45, 2.75) is 32.9 Å². The molecule has 0 aliphatic rings. The van der Waals surface area contributed by atoms with Gasteiger partial charge in [-0.05, 0) is 45.0 Å². The fourth-order valence-corrected chi connectivity index (χ4v) is 3.41. The lowest BCUT2D eigenvalue weighted by atomic mass is 10.2. The number of hydrogen-bond donors (Lipinski definition) is 1. The largest absolute Gasteiger partial charge is 0.493 e. The average Bonchev–Trinajstić information content (AvgIpc) is 2.73. The van der Waals surface area contributed by atoms with Crippen molar-refractivity contribution in [3.05, 3.63) is 63.3 Å². The second-order valence-corrected chi connectivity index (χ2v) is 7.17. The number of aromatic nitrogens is 2. The molecule has 0 spiro atoms. The van der Waals surface area contributed by atoms with Gasteiger partial charge in [-0.2, -0.15) is 0 Å². The number of nitrogens with zero attached hydrogens (tertiary/aromatic N) is 2. The van der Waals surface area contributed by atoms with Gasteiger partial charge in [0, 0.05) is 17.8 Å². The molecule has 1 atom stereocenters. The number of para-hydroxylation sites is 1. The van der Waals surface area contributed by atoms with Gasteiger partial charge in [-0.15, -0.1) is 0 Å². The number of hydrogen-bond acceptors (Lipinski definition) is 5. The Hall–Kier alpha value is -3.55. The number of carbonyl (C=O) groups excluding carboxylic acids is 1. The third kappa shape index (κ3) is 3.68. The van der Waals surface area contributed by atoms with Gasteiger partial charge in [0.25, 0.3) is 5.56 Å². The fourth-order valence-electron chi connectivity index (χ4n) is 3.41. The van der Waals surface area contributed by atoms with Crippen LogP contribution in [0.1, 0.15) is 32.9 Å². The van der Waals surface area contributed by atoms with Crippen molar-refractivity contribution in [3.8, 4) is 11.5 Å².